The molecule has 0 aromatic heterocycles. The zero-order valence-corrected chi connectivity index (χ0v) is 24.7. The number of allylic oxidation sites excluding steroid dienone is 4. The van der Waals surface area contributed by atoms with Gasteiger partial charge in [-0.05, 0) is 73.6 Å². The number of hydrogen-bond acceptors (Lipinski definition) is 2. The average Bonchev–Trinajstić information content (AvgIpc) is 3.01. The molecule has 1 aliphatic heterocycles. The number of nitrogens with zero attached hydrogens (tertiary/aromatic N) is 3. The fourth-order valence-corrected chi connectivity index (χ4v) is 4.39. The Morgan fingerprint density at radius 1 is 0.900 bits per heavy atom. The van der Waals surface area contributed by atoms with Crippen molar-refractivity contribution in [1.82, 2.24) is 0 Å². The minimum Gasteiger partial charge on any atom is -0.261 e. The van der Waals surface area contributed by atoms with Crippen LogP contribution in [-0.2, 0) is 6.42 Å². The molecule has 40 heavy (non-hydrogen) atoms. The van der Waals surface area contributed by atoms with Gasteiger partial charge in [-0.15, -0.1) is 0 Å². The van der Waals surface area contributed by atoms with Crippen LogP contribution >= 0.6 is 11.6 Å². The van der Waals surface area contributed by atoms with Crippen molar-refractivity contribution in [2.75, 3.05) is 0 Å². The van der Waals surface area contributed by atoms with Gasteiger partial charge in [-0.2, -0.15) is 0 Å². The van der Waals surface area contributed by atoms with E-state index in [9.17, 15) is 0 Å². The summed E-state index contributed by atoms with van der Waals surface area (Å²) in [6.45, 7) is 12.2. The van der Waals surface area contributed by atoms with Crippen LogP contribution in [-0.4, -0.2) is 17.8 Å². The van der Waals surface area contributed by atoms with Crippen LogP contribution in [0.2, 0.25) is 5.02 Å². The van der Waals surface area contributed by atoms with Crippen LogP contribution in [0.25, 0.3) is 5.70 Å². The summed E-state index contributed by atoms with van der Waals surface area (Å²) < 4.78 is 0. The molecule has 4 heteroatoms. The van der Waals surface area contributed by atoms with Gasteiger partial charge in [0, 0.05) is 22.5 Å². The van der Waals surface area contributed by atoms with Crippen LogP contribution in [0.5, 0.6) is 0 Å². The predicted molar refractivity (Wildman–Crippen MR) is 176 cm³/mol. The van der Waals surface area contributed by atoms with Gasteiger partial charge < -0.3 is 0 Å². The van der Waals surface area contributed by atoms with Crippen molar-refractivity contribution in [3.05, 3.63) is 148 Å². The fourth-order valence-electron chi connectivity index (χ4n) is 4.13. The molecule has 0 saturated carbocycles. The summed E-state index contributed by atoms with van der Waals surface area (Å²) in [5, 5.41) is 0.641. The van der Waals surface area contributed by atoms with Crippen molar-refractivity contribution in [3.63, 3.8) is 0 Å². The molecule has 0 amide bonds. The van der Waals surface area contributed by atoms with Gasteiger partial charge in [0.05, 0.1) is 11.4 Å². The number of amidine groups is 1. The summed E-state index contributed by atoms with van der Waals surface area (Å²) in [4.78, 5) is 14.4. The molecule has 0 saturated heterocycles. The van der Waals surface area contributed by atoms with Crippen LogP contribution in [0.15, 0.2) is 136 Å². The number of aliphatic imine (C=N–C) groups is 3. The lowest BCUT2D eigenvalue weighted by molar-refractivity contribution is 1.05. The van der Waals surface area contributed by atoms with Crippen LogP contribution in [0.3, 0.4) is 0 Å². The maximum atomic E-state index is 6.60. The minimum absolute atomic E-state index is 0.573. The highest BCUT2D eigenvalue weighted by atomic mass is 35.5. The molecule has 204 valence electrons. The highest BCUT2D eigenvalue weighted by molar-refractivity contribution is 6.31. The van der Waals surface area contributed by atoms with Crippen molar-refractivity contribution >= 4 is 35.1 Å². The van der Waals surface area contributed by atoms with E-state index in [4.69, 9.17) is 21.6 Å². The largest absolute Gasteiger partial charge is 0.261 e. The van der Waals surface area contributed by atoms with Gasteiger partial charge in [0.25, 0.3) is 0 Å². The van der Waals surface area contributed by atoms with Crippen molar-refractivity contribution < 1.29 is 0 Å². The second-order valence-corrected chi connectivity index (χ2v) is 9.42. The normalized spacial score (nSPS) is 14.0. The third-order valence-corrected chi connectivity index (χ3v) is 6.37. The summed E-state index contributed by atoms with van der Waals surface area (Å²) in [6, 6.07) is 26.0. The zero-order valence-electron chi connectivity index (χ0n) is 23.9. The number of hydrogen-bond donors (Lipinski definition) is 0. The van der Waals surface area contributed by atoms with E-state index in [1.807, 2.05) is 107 Å². The smallest absolute Gasteiger partial charge is 0.160 e. The standard InChI is InChI=1S/C34H32ClN3.C2H6/c1-4-28(33-20-11-12-21-36-33)19-13-14-27-22-31(24-32(35)23-27)34(37-25(2)29-15-7-5-8-16-29)38-26(3)30-17-9-6-10-18-30;1-2/h4-10,13,15-24H,2,11-12,14H2,1,3H3;1-2H3/b19-13-,28-4+,37-34?,38-26?;. The van der Waals surface area contributed by atoms with E-state index in [-0.39, 0.29) is 0 Å². The SMILES string of the molecule is C=C(N=C(N=C(C)c1ccccc1)c1cc(Cl)cc(C/C=C\C(=C/C)C2=CCCC=N2)c1)c1ccccc1.CC. The molecule has 1 aliphatic rings. The van der Waals surface area contributed by atoms with E-state index >= 15 is 0 Å². The van der Waals surface area contributed by atoms with Crippen molar-refractivity contribution in [2.45, 2.75) is 47.0 Å². The van der Waals surface area contributed by atoms with Gasteiger partial charge in [-0.3, -0.25) is 4.99 Å². The molecule has 4 rings (SSSR count). The van der Waals surface area contributed by atoms with E-state index in [0.717, 1.165) is 58.5 Å². The van der Waals surface area contributed by atoms with Crippen molar-refractivity contribution in [3.8, 4) is 0 Å². The Balaban J connectivity index is 0.00000216. The summed E-state index contributed by atoms with van der Waals surface area (Å²) >= 11 is 6.60. The van der Waals surface area contributed by atoms with Gasteiger partial charge in [0.15, 0.2) is 5.84 Å². The average molecular weight is 548 g/mol. The summed E-state index contributed by atoms with van der Waals surface area (Å²) in [5.41, 5.74) is 7.56. The van der Waals surface area contributed by atoms with E-state index in [1.54, 1.807) is 0 Å². The van der Waals surface area contributed by atoms with E-state index in [1.165, 1.54) is 0 Å². The predicted octanol–water partition coefficient (Wildman–Crippen LogP) is 10.1. The highest BCUT2D eigenvalue weighted by Gasteiger charge is 2.10. The molecular weight excluding hydrogens is 510 g/mol. The molecule has 0 spiro atoms. The quantitative estimate of drug-likeness (QED) is 0.153. The molecule has 1 heterocycles. The highest BCUT2D eigenvalue weighted by Crippen LogP contribution is 2.22. The first-order valence-corrected chi connectivity index (χ1v) is 14.2. The third kappa shape index (κ3) is 9.00. The lowest BCUT2D eigenvalue weighted by Gasteiger charge is -2.10. The van der Waals surface area contributed by atoms with Crippen LogP contribution in [0, 0.1) is 0 Å². The Bertz CT molecular complexity index is 1460. The molecule has 0 atom stereocenters. The monoisotopic (exact) mass is 547 g/mol. The molecule has 3 nitrogen and oxygen atoms in total. The molecule has 3 aromatic rings. The molecular formula is C36H38ClN3. The molecule has 0 fully saturated rings. The summed E-state index contributed by atoms with van der Waals surface area (Å²) in [6.07, 6.45) is 13.3. The first-order valence-electron chi connectivity index (χ1n) is 13.8. The molecule has 0 aliphatic carbocycles. The Morgan fingerprint density at radius 2 is 1.57 bits per heavy atom. The van der Waals surface area contributed by atoms with Gasteiger partial charge in [-0.25, -0.2) is 9.98 Å². The van der Waals surface area contributed by atoms with E-state index in [0.29, 0.717) is 16.6 Å². The molecule has 0 bridgehead atoms. The first kappa shape index (κ1) is 30.5. The lowest BCUT2D eigenvalue weighted by Crippen LogP contribution is -2.05. The van der Waals surface area contributed by atoms with Gasteiger partial charge in [-0.1, -0.05) is 117 Å². The van der Waals surface area contributed by atoms with Crippen molar-refractivity contribution in [2.24, 2.45) is 15.0 Å². The number of halogens is 1. The summed E-state index contributed by atoms with van der Waals surface area (Å²) in [7, 11) is 0. The van der Waals surface area contributed by atoms with Gasteiger partial charge in [0.1, 0.15) is 0 Å². The van der Waals surface area contributed by atoms with Crippen molar-refractivity contribution in [1.29, 1.82) is 0 Å². The Morgan fingerprint density at radius 3 is 2.20 bits per heavy atom. The minimum atomic E-state index is 0.573. The molecule has 3 aromatic carbocycles. The molecule has 0 N–H and O–H groups in total. The van der Waals surface area contributed by atoms with Crippen LogP contribution in [0.4, 0.5) is 0 Å². The van der Waals surface area contributed by atoms with Crippen LogP contribution in [0.1, 0.15) is 62.8 Å². The maximum Gasteiger partial charge on any atom is 0.160 e. The maximum absolute atomic E-state index is 6.60. The lowest BCUT2D eigenvalue weighted by atomic mass is 10.0. The summed E-state index contributed by atoms with van der Waals surface area (Å²) in [5.74, 6) is 0.573. The first-order chi connectivity index (χ1) is 19.5. The number of rotatable bonds is 8. The Kier molecular flexibility index (Phi) is 12.3. The Labute approximate surface area is 244 Å². The van der Waals surface area contributed by atoms with E-state index < -0.39 is 0 Å². The topological polar surface area (TPSA) is 37.1 Å². The third-order valence-electron chi connectivity index (χ3n) is 6.15. The molecule has 0 radical (unpaired) electrons. The second kappa shape index (κ2) is 16.1. The number of benzene rings is 3. The molecule has 0 unspecified atom stereocenters. The Hall–Kier alpha value is -4.08. The van der Waals surface area contributed by atoms with Crippen LogP contribution < -0.4 is 0 Å². The van der Waals surface area contributed by atoms with Gasteiger partial charge in [0.2, 0.25) is 0 Å². The van der Waals surface area contributed by atoms with Gasteiger partial charge >= 0.3 is 0 Å². The second-order valence-electron chi connectivity index (χ2n) is 8.99. The van der Waals surface area contributed by atoms with E-state index in [2.05, 4.69) is 41.9 Å². The zero-order chi connectivity index (χ0) is 28.7. The fraction of sp³-hybridized carbons (Fsp3) is 0.194.